The summed E-state index contributed by atoms with van der Waals surface area (Å²) >= 11 is 0. The van der Waals surface area contributed by atoms with Gasteiger partial charge in [0.2, 0.25) is 0 Å². The zero-order chi connectivity index (χ0) is 16.8. The maximum absolute atomic E-state index is 11.6. The van der Waals surface area contributed by atoms with Gasteiger partial charge in [-0.2, -0.15) is 0 Å². The third-order valence-corrected chi connectivity index (χ3v) is 3.88. The van der Waals surface area contributed by atoms with Gasteiger partial charge in [0.1, 0.15) is 13.7 Å². The van der Waals surface area contributed by atoms with Gasteiger partial charge in [0, 0.05) is 11.1 Å². The Hall–Kier alpha value is -2.56. The van der Waals surface area contributed by atoms with Gasteiger partial charge in [-0.05, 0) is 39.0 Å². The highest BCUT2D eigenvalue weighted by Gasteiger charge is 2.24. The quantitative estimate of drug-likeness (QED) is 0.740. The minimum atomic E-state index is -0.940. The summed E-state index contributed by atoms with van der Waals surface area (Å²) < 4.78 is 2.11. The molecule has 1 heterocycles. The van der Waals surface area contributed by atoms with Crippen LogP contribution in [0.25, 0.3) is 22.4 Å². The number of carboxylic acid groups (broad SMARTS) is 1. The van der Waals surface area contributed by atoms with Crippen molar-refractivity contribution in [1.82, 2.24) is 9.55 Å². The molecule has 1 N–H and O–H groups in total. The molecule has 0 fully saturated rings. The Morgan fingerprint density at radius 3 is 2.52 bits per heavy atom. The van der Waals surface area contributed by atoms with Gasteiger partial charge in [-0.15, -0.1) is 0 Å². The van der Waals surface area contributed by atoms with Crippen LogP contribution in [-0.2, 0) is 5.54 Å². The van der Waals surface area contributed by atoms with Crippen molar-refractivity contribution >= 4 is 30.3 Å². The summed E-state index contributed by atoms with van der Waals surface area (Å²) in [6, 6.07) is 13.2. The van der Waals surface area contributed by atoms with E-state index in [1.165, 1.54) is 0 Å². The molecule has 116 valence electrons. The Morgan fingerprint density at radius 1 is 1.17 bits per heavy atom. The van der Waals surface area contributed by atoms with Crippen LogP contribution in [0.1, 0.15) is 31.1 Å². The summed E-state index contributed by atoms with van der Waals surface area (Å²) in [6.07, 6.45) is 0. The largest absolute Gasteiger partial charge is 0.478 e. The van der Waals surface area contributed by atoms with Crippen molar-refractivity contribution in [2.45, 2.75) is 26.3 Å². The average Bonchev–Trinajstić information content (AvgIpc) is 2.85. The van der Waals surface area contributed by atoms with Crippen LogP contribution >= 0.6 is 0 Å². The van der Waals surface area contributed by atoms with Crippen LogP contribution in [0.4, 0.5) is 0 Å². The highest BCUT2D eigenvalue weighted by molar-refractivity contribution is 6.33. The standard InChI is InChI=1S/C18H19BN2O2/c1-18(2,3)21-15-9-8-11(19)10-14(15)20-16(21)12-6-4-5-7-13(12)17(22)23/h4-10H,19H2,1-3H3,(H,22,23). The van der Waals surface area contributed by atoms with Gasteiger partial charge < -0.3 is 9.67 Å². The van der Waals surface area contributed by atoms with Gasteiger partial charge in [-0.1, -0.05) is 29.7 Å². The maximum atomic E-state index is 11.6. The summed E-state index contributed by atoms with van der Waals surface area (Å²) in [5, 5.41) is 9.50. The molecule has 0 atom stereocenters. The Kier molecular flexibility index (Phi) is 3.51. The topological polar surface area (TPSA) is 55.1 Å². The fourth-order valence-corrected chi connectivity index (χ4v) is 2.91. The molecule has 0 bridgehead atoms. The van der Waals surface area contributed by atoms with E-state index in [1.54, 1.807) is 12.1 Å². The van der Waals surface area contributed by atoms with E-state index in [9.17, 15) is 9.90 Å². The number of carbonyl (C=O) groups is 1. The van der Waals surface area contributed by atoms with E-state index in [0.717, 1.165) is 16.5 Å². The maximum Gasteiger partial charge on any atom is 0.336 e. The lowest BCUT2D eigenvalue weighted by Gasteiger charge is -2.25. The molecule has 0 saturated heterocycles. The number of carboxylic acids is 1. The van der Waals surface area contributed by atoms with Gasteiger partial charge in [-0.25, -0.2) is 9.78 Å². The molecule has 0 unspecified atom stereocenters. The van der Waals surface area contributed by atoms with Crippen molar-refractivity contribution in [3.63, 3.8) is 0 Å². The van der Waals surface area contributed by atoms with Crippen LogP contribution < -0.4 is 5.46 Å². The second kappa shape index (κ2) is 5.27. The molecule has 0 amide bonds. The molecular weight excluding hydrogens is 287 g/mol. The van der Waals surface area contributed by atoms with E-state index in [2.05, 4.69) is 37.5 Å². The molecule has 0 aliphatic carbocycles. The molecule has 0 spiro atoms. The lowest BCUT2D eigenvalue weighted by molar-refractivity contribution is 0.0697. The Labute approximate surface area is 136 Å². The molecule has 2 aromatic carbocycles. The molecule has 1 aromatic heterocycles. The Bertz CT molecular complexity index is 907. The molecule has 3 rings (SSSR count). The van der Waals surface area contributed by atoms with Crippen LogP contribution in [0.2, 0.25) is 0 Å². The van der Waals surface area contributed by atoms with E-state index in [4.69, 9.17) is 4.98 Å². The molecule has 4 nitrogen and oxygen atoms in total. The fourth-order valence-electron chi connectivity index (χ4n) is 2.91. The first-order chi connectivity index (χ1) is 10.8. The number of nitrogens with zero attached hydrogens (tertiary/aromatic N) is 2. The van der Waals surface area contributed by atoms with Crippen molar-refractivity contribution in [3.05, 3.63) is 48.0 Å². The summed E-state index contributed by atoms with van der Waals surface area (Å²) in [6.45, 7) is 6.29. The minimum Gasteiger partial charge on any atom is -0.478 e. The normalized spacial score (nSPS) is 11.8. The molecule has 0 aliphatic rings. The molecule has 0 radical (unpaired) electrons. The second-order valence-electron chi connectivity index (χ2n) is 6.78. The van der Waals surface area contributed by atoms with Crippen molar-refractivity contribution in [1.29, 1.82) is 0 Å². The molecule has 3 aromatic rings. The van der Waals surface area contributed by atoms with Crippen molar-refractivity contribution in [3.8, 4) is 11.4 Å². The van der Waals surface area contributed by atoms with E-state index in [0.29, 0.717) is 11.4 Å². The monoisotopic (exact) mass is 306 g/mol. The van der Waals surface area contributed by atoms with Crippen LogP contribution in [0.5, 0.6) is 0 Å². The predicted molar refractivity (Wildman–Crippen MR) is 95.3 cm³/mol. The first kappa shape index (κ1) is 15.3. The van der Waals surface area contributed by atoms with Gasteiger partial charge in [0.15, 0.2) is 0 Å². The zero-order valence-electron chi connectivity index (χ0n) is 13.8. The van der Waals surface area contributed by atoms with Crippen LogP contribution in [0, 0.1) is 0 Å². The molecule has 0 aliphatic heterocycles. The van der Waals surface area contributed by atoms with E-state index in [1.807, 2.05) is 26.0 Å². The number of aromatic nitrogens is 2. The highest BCUT2D eigenvalue weighted by atomic mass is 16.4. The lowest BCUT2D eigenvalue weighted by Crippen LogP contribution is -2.23. The van der Waals surface area contributed by atoms with E-state index in [-0.39, 0.29) is 11.1 Å². The molecular formula is C18H19BN2O2. The average molecular weight is 306 g/mol. The molecule has 0 saturated carbocycles. The Morgan fingerprint density at radius 2 is 1.87 bits per heavy atom. The highest BCUT2D eigenvalue weighted by Crippen LogP contribution is 2.32. The summed E-state index contributed by atoms with van der Waals surface area (Å²) in [4.78, 5) is 16.3. The zero-order valence-corrected chi connectivity index (χ0v) is 13.8. The summed E-state index contributed by atoms with van der Waals surface area (Å²) in [5.41, 5.74) is 3.72. The van der Waals surface area contributed by atoms with Crippen LogP contribution in [0.3, 0.4) is 0 Å². The van der Waals surface area contributed by atoms with E-state index >= 15 is 0 Å². The summed E-state index contributed by atoms with van der Waals surface area (Å²) in [5.74, 6) is -0.250. The third kappa shape index (κ3) is 2.63. The van der Waals surface area contributed by atoms with Crippen molar-refractivity contribution in [2.24, 2.45) is 0 Å². The molecule has 5 heteroatoms. The van der Waals surface area contributed by atoms with Crippen molar-refractivity contribution in [2.75, 3.05) is 0 Å². The second-order valence-corrected chi connectivity index (χ2v) is 6.78. The number of imidazole rings is 1. The van der Waals surface area contributed by atoms with Crippen LogP contribution in [-0.4, -0.2) is 28.5 Å². The number of benzene rings is 2. The Balaban J connectivity index is 2.40. The third-order valence-electron chi connectivity index (χ3n) is 3.88. The first-order valence-corrected chi connectivity index (χ1v) is 7.61. The predicted octanol–water partition coefficient (Wildman–Crippen LogP) is 2.41. The number of hydrogen-bond donors (Lipinski definition) is 1. The smallest absolute Gasteiger partial charge is 0.336 e. The number of rotatable bonds is 2. The number of fused-ring (bicyclic) bond motifs is 1. The first-order valence-electron chi connectivity index (χ1n) is 7.61. The van der Waals surface area contributed by atoms with Gasteiger partial charge in [0.25, 0.3) is 0 Å². The lowest BCUT2D eigenvalue weighted by atomic mass is 9.96. The van der Waals surface area contributed by atoms with Crippen LogP contribution in [0.15, 0.2) is 42.5 Å². The number of hydrogen-bond acceptors (Lipinski definition) is 2. The van der Waals surface area contributed by atoms with Gasteiger partial charge in [-0.3, -0.25) is 0 Å². The molecule has 23 heavy (non-hydrogen) atoms. The fraction of sp³-hybridized carbons (Fsp3) is 0.222. The van der Waals surface area contributed by atoms with Gasteiger partial charge in [0.05, 0.1) is 16.6 Å². The SMILES string of the molecule is Bc1ccc2c(c1)nc(-c1ccccc1C(=O)O)n2C(C)(C)C. The van der Waals surface area contributed by atoms with Crippen molar-refractivity contribution < 1.29 is 9.90 Å². The minimum absolute atomic E-state index is 0.217. The summed E-state index contributed by atoms with van der Waals surface area (Å²) in [7, 11) is 2.03. The van der Waals surface area contributed by atoms with Gasteiger partial charge >= 0.3 is 5.97 Å². The number of aromatic carboxylic acids is 1. The van der Waals surface area contributed by atoms with E-state index < -0.39 is 5.97 Å².